The molecule has 0 aromatic heterocycles. The lowest BCUT2D eigenvalue weighted by Crippen LogP contribution is -2.48. The molecule has 0 bridgehead atoms. The third-order valence-electron chi connectivity index (χ3n) is 3.02. The molecule has 0 aliphatic heterocycles. The number of amides is 1. The minimum absolute atomic E-state index is 0.354. The Bertz CT molecular complexity index is 545. The van der Waals surface area contributed by atoms with Gasteiger partial charge in [0.1, 0.15) is 5.82 Å². The number of nitro benzene ring substituents is 1. The van der Waals surface area contributed by atoms with E-state index in [1.165, 1.54) is 6.92 Å². The number of nitrogens with zero attached hydrogens (tertiary/aromatic N) is 1. The number of aliphatic hydroxyl groups is 1. The van der Waals surface area contributed by atoms with Crippen LogP contribution < -0.4 is 5.32 Å². The average Bonchev–Trinajstić information content (AvgIpc) is 2.40. The van der Waals surface area contributed by atoms with Crippen molar-refractivity contribution in [2.24, 2.45) is 0 Å². The zero-order valence-corrected chi connectivity index (χ0v) is 10.9. The summed E-state index contributed by atoms with van der Waals surface area (Å²) in [5.41, 5.74) is -2.68. The van der Waals surface area contributed by atoms with Crippen molar-refractivity contribution < 1.29 is 23.6 Å². The van der Waals surface area contributed by atoms with E-state index in [4.69, 9.17) is 5.11 Å². The summed E-state index contributed by atoms with van der Waals surface area (Å²) in [7, 11) is 0. The number of halogens is 2. The summed E-state index contributed by atoms with van der Waals surface area (Å²) >= 11 is 0. The zero-order valence-electron chi connectivity index (χ0n) is 10.9. The van der Waals surface area contributed by atoms with Crippen molar-refractivity contribution in [3.8, 4) is 0 Å². The Balaban J connectivity index is 3.12. The van der Waals surface area contributed by atoms with Gasteiger partial charge in [0.05, 0.1) is 28.7 Å². The minimum Gasteiger partial charge on any atom is -0.394 e. The fourth-order valence-electron chi connectivity index (χ4n) is 1.43. The predicted molar refractivity (Wildman–Crippen MR) is 66.3 cm³/mol. The van der Waals surface area contributed by atoms with Crippen LogP contribution in [0.4, 0.5) is 14.5 Å². The fourth-order valence-corrected chi connectivity index (χ4v) is 1.43. The largest absolute Gasteiger partial charge is 0.394 e. The summed E-state index contributed by atoms with van der Waals surface area (Å²) in [5, 5.41) is 22.0. The molecule has 0 heterocycles. The molecule has 1 unspecified atom stereocenters. The van der Waals surface area contributed by atoms with E-state index >= 15 is 0 Å². The van der Waals surface area contributed by atoms with Crippen molar-refractivity contribution in [3.05, 3.63) is 39.4 Å². The third kappa shape index (κ3) is 3.27. The van der Waals surface area contributed by atoms with Crippen LogP contribution in [0.25, 0.3) is 0 Å². The smallest absolute Gasteiger partial charge is 0.307 e. The molecular weight excluding hydrogens is 274 g/mol. The first-order chi connectivity index (χ1) is 9.24. The Morgan fingerprint density at radius 1 is 1.45 bits per heavy atom. The van der Waals surface area contributed by atoms with Crippen molar-refractivity contribution in [3.63, 3.8) is 0 Å². The molecule has 1 aromatic rings. The number of hydrogen-bond acceptors (Lipinski definition) is 4. The maximum atomic E-state index is 13.6. The number of carbonyl (C=O) groups excluding carboxylic acids is 1. The Morgan fingerprint density at radius 3 is 2.50 bits per heavy atom. The van der Waals surface area contributed by atoms with Crippen molar-refractivity contribution in [2.75, 3.05) is 6.61 Å². The highest BCUT2D eigenvalue weighted by Crippen LogP contribution is 2.22. The highest BCUT2D eigenvalue weighted by atomic mass is 19.1. The maximum absolute atomic E-state index is 13.6. The van der Waals surface area contributed by atoms with Gasteiger partial charge in [0.15, 0.2) is 0 Å². The van der Waals surface area contributed by atoms with E-state index in [-0.39, 0.29) is 6.61 Å². The van der Waals surface area contributed by atoms with Crippen LogP contribution in [0.5, 0.6) is 0 Å². The van der Waals surface area contributed by atoms with Crippen LogP contribution in [-0.2, 0) is 0 Å². The number of benzene rings is 1. The molecule has 110 valence electrons. The van der Waals surface area contributed by atoms with Crippen LogP contribution in [0.2, 0.25) is 0 Å². The Morgan fingerprint density at radius 2 is 2.05 bits per heavy atom. The number of carbonyl (C=O) groups is 1. The van der Waals surface area contributed by atoms with Crippen molar-refractivity contribution in [2.45, 2.75) is 25.8 Å². The molecule has 0 saturated carbocycles. The standard InChI is InChI=1S/C12H14F2N2O4/c1-3-12(2,6-17)15-11(18)7-4-9(14)10(16(19)20)5-8(7)13/h4-5,17H,3,6H2,1-2H3,(H,15,18). The van der Waals surface area contributed by atoms with Crippen LogP contribution in [0.15, 0.2) is 12.1 Å². The van der Waals surface area contributed by atoms with Gasteiger partial charge in [0, 0.05) is 0 Å². The summed E-state index contributed by atoms with van der Waals surface area (Å²) in [6.45, 7) is 2.85. The quantitative estimate of drug-likeness (QED) is 0.638. The second-order valence-corrected chi connectivity index (χ2v) is 4.57. The molecule has 8 heteroatoms. The van der Waals surface area contributed by atoms with Crippen molar-refractivity contribution in [1.29, 1.82) is 0 Å². The number of nitrogens with one attached hydrogen (secondary N) is 1. The summed E-state index contributed by atoms with van der Waals surface area (Å²) in [4.78, 5) is 21.2. The van der Waals surface area contributed by atoms with Gasteiger partial charge in [0.25, 0.3) is 5.91 Å². The molecule has 0 spiro atoms. The molecule has 6 nitrogen and oxygen atoms in total. The molecule has 0 fully saturated rings. The van der Waals surface area contributed by atoms with Gasteiger partial charge in [0.2, 0.25) is 5.82 Å². The van der Waals surface area contributed by atoms with Gasteiger partial charge in [-0.15, -0.1) is 0 Å². The van der Waals surface area contributed by atoms with Gasteiger partial charge in [-0.1, -0.05) is 6.92 Å². The first-order valence-corrected chi connectivity index (χ1v) is 5.81. The molecule has 1 amide bonds. The fraction of sp³-hybridized carbons (Fsp3) is 0.417. The number of hydrogen-bond donors (Lipinski definition) is 2. The van der Waals surface area contributed by atoms with Crippen LogP contribution >= 0.6 is 0 Å². The lowest BCUT2D eigenvalue weighted by atomic mass is 9.99. The van der Waals surface area contributed by atoms with Gasteiger partial charge in [-0.3, -0.25) is 14.9 Å². The summed E-state index contributed by atoms with van der Waals surface area (Å²) in [6.07, 6.45) is 0.367. The lowest BCUT2D eigenvalue weighted by Gasteiger charge is -2.27. The first-order valence-electron chi connectivity index (χ1n) is 5.81. The molecule has 20 heavy (non-hydrogen) atoms. The highest BCUT2D eigenvalue weighted by molar-refractivity contribution is 5.95. The molecule has 0 radical (unpaired) electrons. The van der Waals surface area contributed by atoms with Crippen LogP contribution in [0.3, 0.4) is 0 Å². The van der Waals surface area contributed by atoms with Gasteiger partial charge in [-0.05, 0) is 19.4 Å². The molecular formula is C12H14F2N2O4. The molecule has 1 atom stereocenters. The van der Waals surface area contributed by atoms with Crippen LogP contribution in [0, 0.1) is 21.7 Å². The van der Waals surface area contributed by atoms with Gasteiger partial charge >= 0.3 is 5.69 Å². The first kappa shape index (κ1) is 16.0. The second kappa shape index (κ2) is 5.91. The number of nitro groups is 1. The van der Waals surface area contributed by atoms with Crippen LogP contribution in [0.1, 0.15) is 30.6 Å². The van der Waals surface area contributed by atoms with E-state index in [2.05, 4.69) is 5.32 Å². The summed E-state index contributed by atoms with van der Waals surface area (Å²) in [6, 6.07) is 0.822. The third-order valence-corrected chi connectivity index (χ3v) is 3.02. The highest BCUT2D eigenvalue weighted by Gasteiger charge is 2.27. The molecule has 0 saturated heterocycles. The van der Waals surface area contributed by atoms with E-state index in [0.717, 1.165) is 0 Å². The topological polar surface area (TPSA) is 92.5 Å². The molecule has 1 aromatic carbocycles. The maximum Gasteiger partial charge on any atom is 0.307 e. The van der Waals surface area contributed by atoms with Crippen LogP contribution in [-0.4, -0.2) is 28.1 Å². The predicted octanol–water partition coefficient (Wildman–Crippen LogP) is 1.76. The monoisotopic (exact) mass is 288 g/mol. The molecule has 0 aliphatic rings. The van der Waals surface area contributed by atoms with Crippen molar-refractivity contribution in [1.82, 2.24) is 5.32 Å². The Labute approximate surface area is 113 Å². The summed E-state index contributed by atoms with van der Waals surface area (Å²) in [5.74, 6) is -3.45. The van der Waals surface area contributed by atoms with E-state index in [0.29, 0.717) is 18.6 Å². The zero-order chi connectivity index (χ0) is 15.5. The SMILES string of the molecule is CCC(C)(CO)NC(=O)c1cc(F)c([N+](=O)[O-])cc1F. The molecule has 0 aliphatic carbocycles. The van der Waals surface area contributed by atoms with Gasteiger partial charge < -0.3 is 10.4 Å². The van der Waals surface area contributed by atoms with Crippen molar-refractivity contribution >= 4 is 11.6 Å². The van der Waals surface area contributed by atoms with E-state index < -0.39 is 39.3 Å². The van der Waals surface area contributed by atoms with Gasteiger partial charge in [-0.25, -0.2) is 4.39 Å². The Kier molecular flexibility index (Phi) is 4.72. The molecule has 1 rings (SSSR count). The number of aliphatic hydroxyl groups excluding tert-OH is 1. The lowest BCUT2D eigenvalue weighted by molar-refractivity contribution is -0.387. The van der Waals surface area contributed by atoms with E-state index in [1.807, 2.05) is 0 Å². The van der Waals surface area contributed by atoms with E-state index in [1.54, 1.807) is 6.92 Å². The van der Waals surface area contributed by atoms with Gasteiger partial charge in [-0.2, -0.15) is 4.39 Å². The average molecular weight is 288 g/mol. The summed E-state index contributed by atoms with van der Waals surface area (Å²) < 4.78 is 27.0. The normalized spacial score (nSPS) is 13.7. The second-order valence-electron chi connectivity index (χ2n) is 4.57. The Hall–Kier alpha value is -2.09. The molecule has 2 N–H and O–H groups in total. The number of rotatable bonds is 5. The minimum atomic E-state index is -1.30. The van der Waals surface area contributed by atoms with E-state index in [9.17, 15) is 23.7 Å².